The summed E-state index contributed by atoms with van der Waals surface area (Å²) in [6.45, 7) is 6.52. The quantitative estimate of drug-likeness (QED) is 0.468. The standard InChI is InChI=1S/C24H23FN6O2/c1-16(14-17-5-7-18(25)8-6-17)21-19-15-26-29(2)22(19)28-24(27-21)31-11-9-30(10-12-31)23(32)20-4-3-13-33-20/h3-8,13,15H,1,9-12,14H2,2H3. The fourth-order valence-electron chi connectivity index (χ4n) is 4.02. The average molecular weight is 446 g/mol. The van der Waals surface area contributed by atoms with Crippen molar-refractivity contribution in [3.05, 3.63) is 78.3 Å². The number of halogens is 1. The Morgan fingerprint density at radius 3 is 2.58 bits per heavy atom. The molecule has 9 heteroatoms. The monoisotopic (exact) mass is 446 g/mol. The molecule has 0 bridgehead atoms. The van der Waals surface area contributed by atoms with E-state index in [-0.39, 0.29) is 11.7 Å². The Labute approximate surface area is 190 Å². The van der Waals surface area contributed by atoms with Gasteiger partial charge in [-0.1, -0.05) is 18.7 Å². The Kier molecular flexibility index (Phi) is 5.37. The van der Waals surface area contributed by atoms with Gasteiger partial charge in [0.2, 0.25) is 5.95 Å². The van der Waals surface area contributed by atoms with Crippen molar-refractivity contribution < 1.29 is 13.6 Å². The number of aryl methyl sites for hydroxylation is 1. The van der Waals surface area contributed by atoms with Crippen molar-refractivity contribution in [3.63, 3.8) is 0 Å². The minimum atomic E-state index is -0.270. The predicted molar refractivity (Wildman–Crippen MR) is 122 cm³/mol. The largest absolute Gasteiger partial charge is 0.459 e. The summed E-state index contributed by atoms with van der Waals surface area (Å²) in [4.78, 5) is 26.0. The van der Waals surface area contributed by atoms with Gasteiger partial charge in [-0.05, 0) is 41.8 Å². The summed E-state index contributed by atoms with van der Waals surface area (Å²) in [5.74, 6) is 0.533. The highest BCUT2D eigenvalue weighted by Gasteiger charge is 2.26. The van der Waals surface area contributed by atoms with E-state index in [4.69, 9.17) is 14.4 Å². The molecule has 0 N–H and O–H groups in total. The Morgan fingerprint density at radius 2 is 1.88 bits per heavy atom. The number of furan rings is 1. The molecular formula is C24H23FN6O2. The second-order valence-corrected chi connectivity index (χ2v) is 8.04. The summed E-state index contributed by atoms with van der Waals surface area (Å²) in [5.41, 5.74) is 3.18. The van der Waals surface area contributed by atoms with E-state index in [1.165, 1.54) is 18.4 Å². The van der Waals surface area contributed by atoms with Gasteiger partial charge >= 0.3 is 0 Å². The summed E-state index contributed by atoms with van der Waals surface area (Å²) < 4.78 is 20.2. The van der Waals surface area contributed by atoms with Crippen LogP contribution in [0.4, 0.5) is 10.3 Å². The molecule has 3 aromatic heterocycles. The number of benzene rings is 1. The van der Waals surface area contributed by atoms with Crippen LogP contribution in [-0.4, -0.2) is 56.7 Å². The summed E-state index contributed by atoms with van der Waals surface area (Å²) in [5, 5.41) is 5.17. The number of nitrogens with zero attached hydrogens (tertiary/aromatic N) is 6. The molecule has 8 nitrogen and oxygen atoms in total. The number of allylic oxidation sites excluding steroid dienone is 1. The van der Waals surface area contributed by atoms with Gasteiger partial charge in [0.05, 0.1) is 23.5 Å². The Morgan fingerprint density at radius 1 is 1.12 bits per heavy atom. The lowest BCUT2D eigenvalue weighted by molar-refractivity contribution is 0.0714. The Hall–Kier alpha value is -4.01. The van der Waals surface area contributed by atoms with Crippen LogP contribution in [0.3, 0.4) is 0 Å². The number of carbonyl (C=O) groups excluding carboxylic acids is 1. The maximum atomic E-state index is 13.3. The molecule has 1 aliphatic rings. The van der Waals surface area contributed by atoms with E-state index in [9.17, 15) is 9.18 Å². The first-order valence-electron chi connectivity index (χ1n) is 10.7. The number of rotatable bonds is 5. The number of piperazine rings is 1. The van der Waals surface area contributed by atoms with Crippen LogP contribution in [-0.2, 0) is 13.5 Å². The minimum Gasteiger partial charge on any atom is -0.459 e. The first kappa shape index (κ1) is 20.9. The number of carbonyl (C=O) groups is 1. The number of anilines is 1. The number of hydrogen-bond donors (Lipinski definition) is 0. The third-order valence-electron chi connectivity index (χ3n) is 5.83. The lowest BCUT2D eigenvalue weighted by atomic mass is 10.0. The zero-order chi connectivity index (χ0) is 22.9. The van der Waals surface area contributed by atoms with Gasteiger partial charge in [-0.2, -0.15) is 10.1 Å². The van der Waals surface area contributed by atoms with Crippen LogP contribution in [0, 0.1) is 5.82 Å². The molecule has 1 aliphatic heterocycles. The summed E-state index contributed by atoms with van der Waals surface area (Å²) in [6.07, 6.45) is 3.77. The van der Waals surface area contributed by atoms with Gasteiger partial charge in [-0.25, -0.2) is 9.37 Å². The van der Waals surface area contributed by atoms with Gasteiger partial charge in [0, 0.05) is 33.2 Å². The van der Waals surface area contributed by atoms with Crippen molar-refractivity contribution in [2.75, 3.05) is 31.1 Å². The minimum absolute atomic E-state index is 0.115. The summed E-state index contributed by atoms with van der Waals surface area (Å²) in [7, 11) is 1.84. The van der Waals surface area contributed by atoms with Crippen molar-refractivity contribution in [2.45, 2.75) is 6.42 Å². The predicted octanol–water partition coefficient (Wildman–Crippen LogP) is 3.31. The maximum Gasteiger partial charge on any atom is 0.289 e. The number of fused-ring (bicyclic) bond motifs is 1. The van der Waals surface area contributed by atoms with Crippen molar-refractivity contribution in [2.24, 2.45) is 7.05 Å². The molecule has 33 heavy (non-hydrogen) atoms. The molecule has 0 radical (unpaired) electrons. The zero-order valence-corrected chi connectivity index (χ0v) is 18.2. The summed E-state index contributed by atoms with van der Waals surface area (Å²) in [6, 6.07) is 9.76. The highest BCUT2D eigenvalue weighted by atomic mass is 19.1. The molecule has 1 aromatic carbocycles. The number of aromatic nitrogens is 4. The zero-order valence-electron chi connectivity index (χ0n) is 18.2. The lowest BCUT2D eigenvalue weighted by Gasteiger charge is -2.34. The first-order valence-corrected chi connectivity index (χ1v) is 10.7. The van der Waals surface area contributed by atoms with E-state index in [2.05, 4.69) is 16.6 Å². The van der Waals surface area contributed by atoms with Crippen molar-refractivity contribution in [1.29, 1.82) is 0 Å². The van der Waals surface area contributed by atoms with Gasteiger partial charge in [-0.15, -0.1) is 0 Å². The second-order valence-electron chi connectivity index (χ2n) is 8.04. The van der Waals surface area contributed by atoms with E-state index in [0.717, 1.165) is 22.2 Å². The number of amides is 1. The molecule has 1 fully saturated rings. The first-order chi connectivity index (χ1) is 16.0. The van der Waals surface area contributed by atoms with Crippen LogP contribution >= 0.6 is 0 Å². The molecular weight excluding hydrogens is 423 g/mol. The van der Waals surface area contributed by atoms with E-state index in [0.29, 0.717) is 50.0 Å². The Balaban J connectivity index is 1.39. The Bertz CT molecular complexity index is 1300. The molecule has 0 spiro atoms. The van der Waals surface area contributed by atoms with Crippen LogP contribution in [0.15, 0.2) is 59.9 Å². The number of hydrogen-bond acceptors (Lipinski definition) is 6. The fraction of sp³-hybridized carbons (Fsp3) is 0.250. The van der Waals surface area contributed by atoms with Crippen molar-refractivity contribution in [3.8, 4) is 0 Å². The van der Waals surface area contributed by atoms with Crippen LogP contribution in [0.5, 0.6) is 0 Å². The van der Waals surface area contributed by atoms with Gasteiger partial charge in [0.1, 0.15) is 5.82 Å². The molecule has 0 saturated carbocycles. The fourth-order valence-corrected chi connectivity index (χ4v) is 4.02. The normalized spacial score (nSPS) is 14.1. The van der Waals surface area contributed by atoms with Gasteiger partial charge in [0.15, 0.2) is 11.4 Å². The third-order valence-corrected chi connectivity index (χ3v) is 5.83. The van der Waals surface area contributed by atoms with Crippen molar-refractivity contribution in [1.82, 2.24) is 24.6 Å². The van der Waals surface area contributed by atoms with E-state index in [1.54, 1.807) is 40.0 Å². The second kappa shape index (κ2) is 8.50. The smallest absolute Gasteiger partial charge is 0.289 e. The van der Waals surface area contributed by atoms with E-state index >= 15 is 0 Å². The van der Waals surface area contributed by atoms with Crippen LogP contribution in [0.2, 0.25) is 0 Å². The molecule has 0 unspecified atom stereocenters. The molecule has 5 rings (SSSR count). The van der Waals surface area contributed by atoms with E-state index < -0.39 is 0 Å². The van der Waals surface area contributed by atoms with Crippen LogP contribution < -0.4 is 4.90 Å². The maximum absolute atomic E-state index is 13.3. The third kappa shape index (κ3) is 4.09. The molecule has 1 saturated heterocycles. The van der Waals surface area contributed by atoms with E-state index in [1.807, 2.05) is 7.05 Å². The highest BCUT2D eigenvalue weighted by molar-refractivity contribution is 5.91. The SMILES string of the molecule is C=C(Cc1ccc(F)cc1)c1nc(N2CCN(C(=O)c3ccco3)CC2)nc2c1cnn2C. The molecule has 1 amide bonds. The molecule has 0 aliphatic carbocycles. The van der Waals surface area contributed by atoms with Crippen LogP contribution in [0.25, 0.3) is 16.6 Å². The highest BCUT2D eigenvalue weighted by Crippen LogP contribution is 2.27. The molecule has 0 atom stereocenters. The van der Waals surface area contributed by atoms with Gasteiger partial charge < -0.3 is 14.2 Å². The summed E-state index contributed by atoms with van der Waals surface area (Å²) >= 11 is 0. The average Bonchev–Trinajstić information content (AvgIpc) is 3.50. The molecule has 4 aromatic rings. The van der Waals surface area contributed by atoms with Gasteiger partial charge in [0.25, 0.3) is 5.91 Å². The van der Waals surface area contributed by atoms with Gasteiger partial charge in [-0.3, -0.25) is 9.48 Å². The lowest BCUT2D eigenvalue weighted by Crippen LogP contribution is -2.49. The molecule has 168 valence electrons. The molecule has 4 heterocycles. The van der Waals surface area contributed by atoms with Crippen LogP contribution in [0.1, 0.15) is 21.8 Å². The van der Waals surface area contributed by atoms with Crippen molar-refractivity contribution >= 4 is 28.5 Å². The topological polar surface area (TPSA) is 80.3 Å².